The number of thioether (sulfide) groups is 1. The number of benzene rings is 1. The second kappa shape index (κ2) is 4.90. The fourth-order valence-electron chi connectivity index (χ4n) is 2.15. The molecule has 0 radical (unpaired) electrons. The lowest BCUT2D eigenvalue weighted by atomic mass is 9.92. The average Bonchev–Trinajstić information content (AvgIpc) is 2.28. The zero-order valence-corrected chi connectivity index (χ0v) is 13.4. The quantitative estimate of drug-likeness (QED) is 0.758. The van der Waals surface area contributed by atoms with Crippen molar-refractivity contribution in [1.82, 2.24) is 0 Å². The molecule has 5 heteroatoms. The lowest BCUT2D eigenvalue weighted by Crippen LogP contribution is -2.41. The summed E-state index contributed by atoms with van der Waals surface area (Å²) in [6.07, 6.45) is 0.728. The van der Waals surface area contributed by atoms with Gasteiger partial charge in [0, 0.05) is 27.7 Å². The van der Waals surface area contributed by atoms with E-state index in [1.807, 2.05) is 18.2 Å². The van der Waals surface area contributed by atoms with Crippen molar-refractivity contribution < 1.29 is 4.43 Å². The van der Waals surface area contributed by atoms with E-state index in [1.165, 1.54) is 0 Å². The molecule has 2 nitrogen and oxygen atoms in total. The van der Waals surface area contributed by atoms with Crippen LogP contribution in [0.2, 0.25) is 24.7 Å². The topological polar surface area (TPSA) is 33.0 Å². The van der Waals surface area contributed by atoms with Crippen LogP contribution in [-0.2, 0) is 10.0 Å². The molecule has 1 atom stereocenters. The Bertz CT molecular complexity index is 509. The van der Waals surface area contributed by atoms with Crippen LogP contribution >= 0.6 is 23.4 Å². The minimum Gasteiger partial charge on any atom is -0.396 e. The molecule has 1 aromatic carbocycles. The minimum atomic E-state index is -1.80. The highest BCUT2D eigenvalue weighted by molar-refractivity contribution is 7.99. The van der Waals surface area contributed by atoms with Gasteiger partial charge in [-0.25, -0.2) is 0 Å². The first-order valence-electron chi connectivity index (χ1n) is 5.91. The summed E-state index contributed by atoms with van der Waals surface area (Å²) in [5, 5.41) is 10.3. The van der Waals surface area contributed by atoms with Gasteiger partial charge in [-0.3, -0.25) is 0 Å². The first kappa shape index (κ1) is 13.9. The molecule has 96 valence electrons. The molecule has 0 N–H and O–H groups in total. The van der Waals surface area contributed by atoms with Crippen LogP contribution in [0, 0.1) is 11.3 Å². The third-order valence-corrected chi connectivity index (χ3v) is 5.02. The van der Waals surface area contributed by atoms with Crippen molar-refractivity contribution in [1.29, 1.82) is 5.26 Å². The number of hydrogen-bond acceptors (Lipinski definition) is 3. The Labute approximate surface area is 118 Å². The average molecular weight is 298 g/mol. The Kier molecular flexibility index (Phi) is 3.79. The molecule has 0 bridgehead atoms. The number of nitriles is 1. The van der Waals surface area contributed by atoms with Crippen molar-refractivity contribution in [2.75, 3.05) is 5.75 Å². The zero-order chi connectivity index (χ0) is 13.4. The van der Waals surface area contributed by atoms with E-state index in [0.717, 1.165) is 22.6 Å². The van der Waals surface area contributed by atoms with Gasteiger partial charge in [0.05, 0.1) is 0 Å². The van der Waals surface area contributed by atoms with Crippen LogP contribution in [-0.4, -0.2) is 14.1 Å². The number of fused-ring (bicyclic) bond motifs is 1. The maximum Gasteiger partial charge on any atom is 0.186 e. The molecule has 18 heavy (non-hydrogen) atoms. The highest BCUT2D eigenvalue weighted by atomic mass is 35.5. The molecule has 1 heterocycles. The van der Waals surface area contributed by atoms with E-state index in [2.05, 4.69) is 25.7 Å². The molecule has 0 spiro atoms. The molecule has 1 aliphatic heterocycles. The summed E-state index contributed by atoms with van der Waals surface area (Å²) >= 11 is 7.84. The van der Waals surface area contributed by atoms with E-state index < -0.39 is 13.9 Å². The maximum atomic E-state index is 9.64. The Balaban J connectivity index is 2.52. The molecular formula is C13H16ClNOSSi. The van der Waals surface area contributed by atoms with Crippen LogP contribution in [0.5, 0.6) is 0 Å². The van der Waals surface area contributed by atoms with Gasteiger partial charge < -0.3 is 4.43 Å². The summed E-state index contributed by atoms with van der Waals surface area (Å²) in [6, 6.07) is 8.14. The lowest BCUT2D eigenvalue weighted by molar-refractivity contribution is 0.111. The van der Waals surface area contributed by atoms with Gasteiger partial charge in [-0.05, 0) is 37.8 Å². The second-order valence-corrected chi connectivity index (χ2v) is 11.4. The van der Waals surface area contributed by atoms with Crippen LogP contribution in [0.4, 0.5) is 0 Å². The number of rotatable bonds is 2. The number of nitrogens with zero attached hydrogens (tertiary/aromatic N) is 1. The zero-order valence-electron chi connectivity index (χ0n) is 10.8. The van der Waals surface area contributed by atoms with E-state index in [0.29, 0.717) is 5.02 Å². The molecule has 1 aromatic rings. The molecule has 0 aromatic heterocycles. The highest BCUT2D eigenvalue weighted by Crippen LogP contribution is 2.44. The largest absolute Gasteiger partial charge is 0.396 e. The van der Waals surface area contributed by atoms with E-state index in [9.17, 15) is 5.26 Å². The first-order valence-corrected chi connectivity index (χ1v) is 10.7. The van der Waals surface area contributed by atoms with Crippen molar-refractivity contribution in [3.8, 4) is 6.07 Å². The summed E-state index contributed by atoms with van der Waals surface area (Å²) in [4.78, 5) is 1.12. The number of halogens is 1. The SMILES string of the molecule is C[Si](C)(C)OC1(C#N)CCSc2ccc(Cl)cc21. The van der Waals surface area contributed by atoms with Gasteiger partial charge in [0.2, 0.25) is 0 Å². The Morgan fingerprint density at radius 3 is 2.78 bits per heavy atom. The third kappa shape index (κ3) is 2.75. The predicted molar refractivity (Wildman–Crippen MR) is 78.5 cm³/mol. The minimum absolute atomic E-state index is 0.662. The summed E-state index contributed by atoms with van der Waals surface area (Å²) in [5.74, 6) is 0.909. The molecule has 0 amide bonds. The molecule has 0 saturated carbocycles. The summed E-state index contributed by atoms with van der Waals surface area (Å²) < 4.78 is 6.20. The van der Waals surface area contributed by atoms with Crippen LogP contribution in [0.3, 0.4) is 0 Å². The van der Waals surface area contributed by atoms with Crippen molar-refractivity contribution in [2.24, 2.45) is 0 Å². The molecule has 0 fully saturated rings. The van der Waals surface area contributed by atoms with Gasteiger partial charge in [0.15, 0.2) is 13.9 Å². The van der Waals surface area contributed by atoms with E-state index in [1.54, 1.807) is 11.8 Å². The molecule has 1 unspecified atom stereocenters. The fraction of sp³-hybridized carbons (Fsp3) is 0.462. The predicted octanol–water partition coefficient (Wildman–Crippen LogP) is 4.41. The summed E-state index contributed by atoms with van der Waals surface area (Å²) in [6.45, 7) is 6.33. The van der Waals surface area contributed by atoms with Crippen molar-refractivity contribution >= 4 is 31.7 Å². The lowest BCUT2D eigenvalue weighted by Gasteiger charge is -2.37. The van der Waals surface area contributed by atoms with Gasteiger partial charge in [-0.15, -0.1) is 11.8 Å². The van der Waals surface area contributed by atoms with Gasteiger partial charge in [0.25, 0.3) is 0 Å². The van der Waals surface area contributed by atoms with Crippen LogP contribution in [0.15, 0.2) is 23.1 Å². The Morgan fingerprint density at radius 2 is 2.17 bits per heavy atom. The Hall–Kier alpha value is -0.473. The molecular weight excluding hydrogens is 282 g/mol. The smallest absolute Gasteiger partial charge is 0.186 e. The first-order chi connectivity index (χ1) is 8.36. The van der Waals surface area contributed by atoms with Gasteiger partial charge in [0.1, 0.15) is 6.07 Å². The fourth-order valence-corrected chi connectivity index (χ4v) is 4.78. The van der Waals surface area contributed by atoms with Crippen LogP contribution in [0.1, 0.15) is 12.0 Å². The van der Waals surface area contributed by atoms with E-state index >= 15 is 0 Å². The van der Waals surface area contributed by atoms with E-state index in [4.69, 9.17) is 16.0 Å². The van der Waals surface area contributed by atoms with Crippen molar-refractivity contribution in [2.45, 2.75) is 36.6 Å². The molecule has 2 rings (SSSR count). The number of hydrogen-bond donors (Lipinski definition) is 0. The second-order valence-electron chi connectivity index (χ2n) is 5.39. The standard InChI is InChI=1S/C13H16ClNOSSi/c1-18(2,3)16-13(9-15)6-7-17-12-5-4-10(14)8-11(12)13/h4-5,8H,6-7H2,1-3H3. The molecule has 1 aliphatic rings. The monoisotopic (exact) mass is 297 g/mol. The van der Waals surface area contributed by atoms with Gasteiger partial charge in [-0.2, -0.15) is 5.26 Å². The van der Waals surface area contributed by atoms with Gasteiger partial charge >= 0.3 is 0 Å². The Morgan fingerprint density at radius 1 is 1.44 bits per heavy atom. The van der Waals surface area contributed by atoms with Crippen molar-refractivity contribution in [3.63, 3.8) is 0 Å². The molecule has 0 saturated heterocycles. The van der Waals surface area contributed by atoms with E-state index in [-0.39, 0.29) is 0 Å². The maximum absolute atomic E-state index is 9.64. The molecule has 0 aliphatic carbocycles. The summed E-state index contributed by atoms with van der Waals surface area (Å²) in [7, 11) is -1.80. The third-order valence-electron chi connectivity index (χ3n) is 2.75. The van der Waals surface area contributed by atoms with Gasteiger partial charge in [-0.1, -0.05) is 11.6 Å². The normalized spacial score (nSPS) is 23.3. The van der Waals surface area contributed by atoms with Crippen LogP contribution < -0.4 is 0 Å². The van der Waals surface area contributed by atoms with Crippen LogP contribution in [0.25, 0.3) is 0 Å². The highest BCUT2D eigenvalue weighted by Gasteiger charge is 2.41. The summed E-state index contributed by atoms with van der Waals surface area (Å²) in [5.41, 5.74) is 0.131. The van der Waals surface area contributed by atoms with Crippen molar-refractivity contribution in [3.05, 3.63) is 28.8 Å².